The molecule has 3 aromatic rings. The molecule has 0 aliphatic rings. The van der Waals surface area contributed by atoms with Gasteiger partial charge in [-0.3, -0.25) is 0 Å². The van der Waals surface area contributed by atoms with Crippen LogP contribution in [0.4, 0.5) is 0 Å². The van der Waals surface area contributed by atoms with Gasteiger partial charge < -0.3 is 14.2 Å². The fourth-order valence-corrected chi connectivity index (χ4v) is 4.06. The molecule has 39 heavy (non-hydrogen) atoms. The van der Waals surface area contributed by atoms with Crippen molar-refractivity contribution in [3.63, 3.8) is 0 Å². The number of ether oxygens (including phenoxy) is 3. The second-order valence-corrected chi connectivity index (χ2v) is 10.2. The minimum atomic E-state index is -0.390. The highest BCUT2D eigenvalue weighted by Gasteiger charge is 2.10. The molecule has 0 heterocycles. The Labute approximate surface area is 235 Å². The van der Waals surface area contributed by atoms with Gasteiger partial charge in [0.15, 0.2) is 0 Å². The molecule has 0 bridgehead atoms. The van der Waals surface area contributed by atoms with Crippen LogP contribution in [-0.2, 0) is 0 Å². The van der Waals surface area contributed by atoms with Crippen molar-refractivity contribution in [1.29, 1.82) is 0 Å². The van der Waals surface area contributed by atoms with Gasteiger partial charge in [-0.1, -0.05) is 90.0 Å². The van der Waals surface area contributed by atoms with Crippen LogP contribution in [-0.4, -0.2) is 12.6 Å². The molecule has 0 saturated heterocycles. The summed E-state index contributed by atoms with van der Waals surface area (Å²) in [5, 5.41) is 0. The molecular formula is C35H44O4. The van der Waals surface area contributed by atoms with E-state index < -0.39 is 5.97 Å². The average Bonchev–Trinajstić information content (AvgIpc) is 2.98. The molecule has 0 unspecified atom stereocenters. The maximum absolute atomic E-state index is 12.6. The van der Waals surface area contributed by atoms with Crippen molar-refractivity contribution in [2.24, 2.45) is 5.92 Å². The summed E-state index contributed by atoms with van der Waals surface area (Å²) in [5.74, 6) is 2.21. The maximum atomic E-state index is 12.6. The molecule has 4 nitrogen and oxygen atoms in total. The fourth-order valence-electron chi connectivity index (χ4n) is 4.06. The molecule has 0 amide bonds. The zero-order chi connectivity index (χ0) is 27.7. The molecule has 0 radical (unpaired) electrons. The molecule has 0 saturated carbocycles. The molecule has 208 valence electrons. The van der Waals surface area contributed by atoms with E-state index in [9.17, 15) is 4.79 Å². The quantitative estimate of drug-likeness (QED) is 0.0757. The number of carbonyl (C=O) groups is 1. The van der Waals surface area contributed by atoms with E-state index in [1.54, 1.807) is 42.7 Å². The van der Waals surface area contributed by atoms with E-state index in [4.69, 9.17) is 14.2 Å². The summed E-state index contributed by atoms with van der Waals surface area (Å²) in [5.41, 5.74) is 2.60. The van der Waals surface area contributed by atoms with Gasteiger partial charge in [0.05, 0.1) is 18.4 Å². The van der Waals surface area contributed by atoms with Gasteiger partial charge in [-0.15, -0.1) is 0 Å². The van der Waals surface area contributed by atoms with Gasteiger partial charge in [0.2, 0.25) is 0 Å². The average molecular weight is 529 g/mol. The van der Waals surface area contributed by atoms with Gasteiger partial charge in [-0.25, -0.2) is 4.79 Å². The normalized spacial score (nSPS) is 11.9. The number of benzene rings is 3. The summed E-state index contributed by atoms with van der Waals surface area (Å²) in [4.78, 5) is 12.6. The largest absolute Gasteiger partial charge is 0.493 e. The van der Waals surface area contributed by atoms with E-state index in [-0.39, 0.29) is 0 Å². The third-order valence-electron chi connectivity index (χ3n) is 6.85. The van der Waals surface area contributed by atoms with Crippen molar-refractivity contribution in [2.75, 3.05) is 6.61 Å². The predicted octanol–water partition coefficient (Wildman–Crippen LogP) is 10.0. The van der Waals surface area contributed by atoms with Crippen LogP contribution in [0.5, 0.6) is 17.2 Å². The van der Waals surface area contributed by atoms with Gasteiger partial charge in [0.25, 0.3) is 0 Å². The van der Waals surface area contributed by atoms with Crippen molar-refractivity contribution >= 4 is 5.97 Å². The highest BCUT2D eigenvalue weighted by molar-refractivity contribution is 5.91. The summed E-state index contributed by atoms with van der Waals surface area (Å²) in [7, 11) is 0. The third kappa shape index (κ3) is 11.0. The van der Waals surface area contributed by atoms with Gasteiger partial charge in [0, 0.05) is 0 Å². The summed E-state index contributed by atoms with van der Waals surface area (Å²) in [6, 6.07) is 22.6. The number of carbonyl (C=O) groups excluding carboxylic acids is 1. The highest BCUT2D eigenvalue weighted by Crippen LogP contribution is 2.24. The molecule has 3 rings (SSSR count). The molecule has 0 aromatic heterocycles. The number of hydrogen-bond acceptors (Lipinski definition) is 4. The first kappa shape index (κ1) is 30.0. The first-order valence-electron chi connectivity index (χ1n) is 14.6. The van der Waals surface area contributed by atoms with Crippen molar-refractivity contribution in [3.8, 4) is 28.4 Å². The first-order chi connectivity index (χ1) is 19.1. The van der Waals surface area contributed by atoms with Crippen molar-refractivity contribution in [1.82, 2.24) is 0 Å². The summed E-state index contributed by atoms with van der Waals surface area (Å²) in [6.45, 7) is 7.32. The van der Waals surface area contributed by atoms with Crippen LogP contribution in [0, 0.1) is 5.92 Å². The Kier molecular flexibility index (Phi) is 13.2. The SMILES string of the molecule is CCCCCCCCC/C=C/Oc1ccc(OC(=O)c2ccc(-c3ccc(OC[C@@H](C)CC)cc3)cc2)cc1. The van der Waals surface area contributed by atoms with Gasteiger partial charge in [-0.2, -0.15) is 0 Å². The van der Waals surface area contributed by atoms with Crippen molar-refractivity contribution in [2.45, 2.75) is 78.6 Å². The monoisotopic (exact) mass is 528 g/mol. The topological polar surface area (TPSA) is 44.8 Å². The number of esters is 1. The summed E-state index contributed by atoms with van der Waals surface area (Å²) in [6.07, 6.45) is 15.1. The minimum Gasteiger partial charge on any atom is -0.493 e. The lowest BCUT2D eigenvalue weighted by molar-refractivity contribution is 0.0734. The first-order valence-corrected chi connectivity index (χ1v) is 14.6. The predicted molar refractivity (Wildman–Crippen MR) is 161 cm³/mol. The van der Waals surface area contributed by atoms with Gasteiger partial charge >= 0.3 is 5.97 Å². The zero-order valence-corrected chi connectivity index (χ0v) is 23.9. The Bertz CT molecular complexity index is 1110. The lowest BCUT2D eigenvalue weighted by Gasteiger charge is -2.11. The van der Waals surface area contributed by atoms with Crippen LogP contribution < -0.4 is 14.2 Å². The summed E-state index contributed by atoms with van der Waals surface area (Å²) < 4.78 is 17.1. The van der Waals surface area contributed by atoms with E-state index in [0.717, 1.165) is 36.3 Å². The molecule has 1 atom stereocenters. The Morgan fingerprint density at radius 1 is 0.718 bits per heavy atom. The Balaban J connectivity index is 1.41. The number of hydrogen-bond donors (Lipinski definition) is 0. The Morgan fingerprint density at radius 2 is 1.28 bits per heavy atom. The minimum absolute atomic E-state index is 0.390. The van der Waals surface area contributed by atoms with Crippen LogP contribution in [0.3, 0.4) is 0 Å². The second kappa shape index (κ2) is 17.1. The molecule has 3 aromatic carbocycles. The van der Waals surface area contributed by atoms with E-state index in [1.807, 2.05) is 36.4 Å². The molecule has 0 fully saturated rings. The Hall–Kier alpha value is -3.53. The van der Waals surface area contributed by atoms with Gasteiger partial charge in [-0.05, 0) is 84.5 Å². The molecule has 4 heteroatoms. The van der Waals surface area contributed by atoms with Crippen LogP contribution in [0.25, 0.3) is 11.1 Å². The maximum Gasteiger partial charge on any atom is 0.343 e. The smallest absolute Gasteiger partial charge is 0.343 e. The van der Waals surface area contributed by atoms with E-state index in [0.29, 0.717) is 23.0 Å². The second-order valence-electron chi connectivity index (χ2n) is 10.2. The standard InChI is InChI=1S/C35H44O4/c1-4-6-7-8-9-10-11-12-13-26-37-32-22-24-34(25-23-32)39-35(36)31-16-14-29(15-17-31)30-18-20-33(21-19-30)38-27-28(3)5-2/h13-26,28H,4-12,27H2,1-3H3/b26-13+/t28-/m0/s1. The van der Waals surface area contributed by atoms with Crippen LogP contribution in [0.1, 0.15) is 88.9 Å². The lowest BCUT2D eigenvalue weighted by atomic mass is 10.0. The molecule has 0 spiro atoms. The lowest BCUT2D eigenvalue weighted by Crippen LogP contribution is -2.08. The van der Waals surface area contributed by atoms with Crippen molar-refractivity contribution < 1.29 is 19.0 Å². The molecule has 0 aliphatic carbocycles. The summed E-state index contributed by atoms with van der Waals surface area (Å²) >= 11 is 0. The molecule has 0 aliphatic heterocycles. The zero-order valence-electron chi connectivity index (χ0n) is 23.9. The van der Waals surface area contributed by atoms with E-state index in [1.165, 1.54) is 44.9 Å². The van der Waals surface area contributed by atoms with E-state index in [2.05, 4.69) is 26.8 Å². The van der Waals surface area contributed by atoms with Crippen molar-refractivity contribution in [3.05, 3.63) is 90.7 Å². The Morgan fingerprint density at radius 3 is 1.92 bits per heavy atom. The fraction of sp³-hybridized carbons (Fsp3) is 0.400. The van der Waals surface area contributed by atoms with Crippen LogP contribution >= 0.6 is 0 Å². The van der Waals surface area contributed by atoms with Crippen LogP contribution in [0.2, 0.25) is 0 Å². The number of allylic oxidation sites excluding steroid dienone is 1. The van der Waals surface area contributed by atoms with Crippen LogP contribution in [0.15, 0.2) is 85.1 Å². The van der Waals surface area contributed by atoms with E-state index >= 15 is 0 Å². The molecular weight excluding hydrogens is 484 g/mol. The molecule has 0 N–H and O–H groups in total. The number of unbranched alkanes of at least 4 members (excludes halogenated alkanes) is 7. The number of rotatable bonds is 17. The van der Waals surface area contributed by atoms with Gasteiger partial charge in [0.1, 0.15) is 17.2 Å². The highest BCUT2D eigenvalue weighted by atomic mass is 16.5. The third-order valence-corrected chi connectivity index (χ3v) is 6.85.